The van der Waals surface area contributed by atoms with Crippen molar-refractivity contribution in [2.45, 2.75) is 0 Å². The van der Waals surface area contributed by atoms with Gasteiger partial charge in [0.2, 0.25) is 0 Å². The van der Waals surface area contributed by atoms with E-state index in [9.17, 15) is 0 Å². The van der Waals surface area contributed by atoms with Crippen LogP contribution < -0.4 is 21.0 Å². The third-order valence-electron chi connectivity index (χ3n) is 0. The minimum Gasteiger partial charge on any atom is -0.727 e. The fourth-order valence-electron chi connectivity index (χ4n) is 0. The van der Waals surface area contributed by atoms with Crippen LogP contribution in [-0.2, 0) is 25.8 Å². The molecule has 0 rings (SSSR count). The van der Waals surface area contributed by atoms with E-state index in [4.69, 9.17) is 42.1 Å². The van der Waals surface area contributed by atoms with Gasteiger partial charge < -0.3 is 42.1 Å². The summed E-state index contributed by atoms with van der Waals surface area (Å²) >= 11 is 0. The Bertz CT molecular complexity index is 4.53. The van der Waals surface area contributed by atoms with Gasteiger partial charge in [-0.25, -0.2) is 0 Å². The van der Waals surface area contributed by atoms with Crippen molar-refractivity contribution in [3.63, 3.8) is 0 Å². The van der Waals surface area contributed by atoms with Crippen LogP contribution in [0.1, 0.15) is 0 Å². The molecule has 56 valence electrons. The zero-order chi connectivity index (χ0) is 8.00. The van der Waals surface area contributed by atoms with E-state index in [2.05, 4.69) is 0 Å². The summed E-state index contributed by atoms with van der Waals surface area (Å²) in [5.41, 5.74) is 0. The summed E-state index contributed by atoms with van der Waals surface area (Å²) in [7, 11) is 0. The molecule has 0 aliphatic carbocycles. The van der Waals surface area contributed by atoms with E-state index in [1.54, 1.807) is 0 Å². The SMILES string of the molecule is [Hf+4].[O-]O.[O-]O.[O-]O.[O-]O. The Labute approximate surface area is 68.4 Å². The van der Waals surface area contributed by atoms with Gasteiger partial charge in [-0.1, -0.05) is 0 Å². The summed E-state index contributed by atoms with van der Waals surface area (Å²) in [5, 5.41) is 52.0. The van der Waals surface area contributed by atoms with E-state index < -0.39 is 0 Å². The van der Waals surface area contributed by atoms with E-state index in [0.717, 1.165) is 0 Å². The van der Waals surface area contributed by atoms with E-state index in [-0.39, 0.29) is 25.8 Å². The molecule has 4 N–H and O–H groups in total. The van der Waals surface area contributed by atoms with Gasteiger partial charge in [0, 0.05) is 0 Å². The summed E-state index contributed by atoms with van der Waals surface area (Å²) < 4.78 is 0. The van der Waals surface area contributed by atoms with Crippen molar-refractivity contribution < 1.29 is 67.9 Å². The average Bonchev–Trinajstić information content (AvgIpc) is 2.03. The van der Waals surface area contributed by atoms with Crippen molar-refractivity contribution in [1.82, 2.24) is 0 Å². The molecule has 0 aromatic heterocycles. The Balaban J connectivity index is -0.00000000762. The maximum Gasteiger partial charge on any atom is 4.00 e. The number of hydrogen-bond acceptors (Lipinski definition) is 8. The van der Waals surface area contributed by atoms with Gasteiger partial charge in [0.15, 0.2) is 0 Å². The Morgan fingerprint density at radius 1 is 0.444 bits per heavy atom. The minimum absolute atomic E-state index is 0. The molecule has 9 heavy (non-hydrogen) atoms. The van der Waals surface area contributed by atoms with Crippen LogP contribution in [0.2, 0.25) is 0 Å². The molecule has 0 atom stereocenters. The summed E-state index contributed by atoms with van der Waals surface area (Å²) in [6.07, 6.45) is 0. The number of hydrogen-bond donors (Lipinski definition) is 4. The summed E-state index contributed by atoms with van der Waals surface area (Å²) in [4.78, 5) is 0. The van der Waals surface area contributed by atoms with Gasteiger partial charge in [-0.3, -0.25) is 0 Å². The molecule has 0 bridgehead atoms. The molecule has 0 aromatic carbocycles. The van der Waals surface area contributed by atoms with Crippen molar-refractivity contribution in [1.29, 1.82) is 0 Å². The van der Waals surface area contributed by atoms with Crippen LogP contribution in [0.25, 0.3) is 0 Å². The monoisotopic (exact) mass is 312 g/mol. The summed E-state index contributed by atoms with van der Waals surface area (Å²) in [6, 6.07) is 0. The van der Waals surface area contributed by atoms with Crippen molar-refractivity contribution in [2.75, 3.05) is 0 Å². The molecule has 0 unspecified atom stereocenters. The maximum atomic E-state index is 7.25. The van der Waals surface area contributed by atoms with Crippen LogP contribution in [0.15, 0.2) is 0 Å². The van der Waals surface area contributed by atoms with Gasteiger partial charge in [-0.15, -0.1) is 0 Å². The first kappa shape index (κ1) is 33.7. The predicted molar refractivity (Wildman–Crippen MR) is 10.5 cm³/mol. The fourth-order valence-corrected chi connectivity index (χ4v) is 0. The first-order chi connectivity index (χ1) is 4.00. The van der Waals surface area contributed by atoms with Gasteiger partial charge in [0.25, 0.3) is 0 Å². The van der Waals surface area contributed by atoms with Gasteiger partial charge >= 0.3 is 25.8 Å². The van der Waals surface area contributed by atoms with E-state index in [1.807, 2.05) is 0 Å². The van der Waals surface area contributed by atoms with Gasteiger partial charge in [0.1, 0.15) is 0 Å². The molecule has 0 aliphatic rings. The zero-order valence-corrected chi connectivity index (χ0v) is 7.51. The predicted octanol–water partition coefficient (Wildman–Crippen LogP) is -4.72. The van der Waals surface area contributed by atoms with Crippen molar-refractivity contribution in [2.24, 2.45) is 0 Å². The Kier molecular flexibility index (Phi) is 6030. The molecular weight excluding hydrogens is 306 g/mol. The van der Waals surface area contributed by atoms with E-state index >= 15 is 0 Å². The molecule has 0 aromatic rings. The Morgan fingerprint density at radius 3 is 0.444 bits per heavy atom. The van der Waals surface area contributed by atoms with E-state index in [0.29, 0.717) is 0 Å². The third kappa shape index (κ3) is 1210. The van der Waals surface area contributed by atoms with Crippen LogP contribution in [0.5, 0.6) is 0 Å². The van der Waals surface area contributed by atoms with Crippen molar-refractivity contribution >= 4 is 0 Å². The second-order valence-corrected chi connectivity index (χ2v) is 0. The maximum absolute atomic E-state index is 7.25. The molecule has 0 fully saturated rings. The summed E-state index contributed by atoms with van der Waals surface area (Å²) in [5.74, 6) is 0. The third-order valence-corrected chi connectivity index (χ3v) is 0. The average molecular weight is 311 g/mol. The molecule has 0 saturated heterocycles. The molecule has 0 radical (unpaired) electrons. The van der Waals surface area contributed by atoms with Gasteiger partial charge in [0.05, 0.1) is 0 Å². The van der Waals surface area contributed by atoms with E-state index in [1.165, 1.54) is 0 Å². The molecular formula is H4HfO8. The topological polar surface area (TPSA) is 173 Å². The smallest absolute Gasteiger partial charge is 0.727 e. The standard InChI is InChI=1S/Hf.4H2O2/c;4*1-2/h;4*1-2H/q+4;;;;/p-4. The van der Waals surface area contributed by atoms with Crippen molar-refractivity contribution in [3.8, 4) is 0 Å². The van der Waals surface area contributed by atoms with Crippen LogP contribution >= 0.6 is 0 Å². The largest absolute Gasteiger partial charge is 4.00 e. The molecule has 0 saturated carbocycles. The van der Waals surface area contributed by atoms with Gasteiger partial charge in [-0.05, 0) is 0 Å². The molecule has 0 heterocycles. The fraction of sp³-hybridized carbons (Fsp3) is 0. The second-order valence-electron chi connectivity index (χ2n) is 0. The molecule has 8 nitrogen and oxygen atoms in total. The Hall–Kier alpha value is 0.550. The molecule has 0 amide bonds. The number of rotatable bonds is 0. The second kappa shape index (κ2) is 1610. The normalized spacial score (nSPS) is 2.67. The minimum atomic E-state index is 0. The Morgan fingerprint density at radius 2 is 0.444 bits per heavy atom. The van der Waals surface area contributed by atoms with Crippen LogP contribution in [-0.4, -0.2) is 21.0 Å². The first-order valence-corrected chi connectivity index (χ1v) is 0.730. The quantitative estimate of drug-likeness (QED) is 0.196. The first-order valence-electron chi connectivity index (χ1n) is 0.730. The molecule has 9 heteroatoms. The van der Waals surface area contributed by atoms with Crippen LogP contribution in [0, 0.1) is 0 Å². The summed E-state index contributed by atoms with van der Waals surface area (Å²) in [6.45, 7) is 0. The van der Waals surface area contributed by atoms with Crippen LogP contribution in [0.4, 0.5) is 0 Å². The zero-order valence-electron chi connectivity index (χ0n) is 3.92. The van der Waals surface area contributed by atoms with Gasteiger partial charge in [-0.2, -0.15) is 0 Å². The molecule has 0 spiro atoms. The van der Waals surface area contributed by atoms with Crippen LogP contribution in [0.3, 0.4) is 0 Å². The van der Waals surface area contributed by atoms with Crippen molar-refractivity contribution in [3.05, 3.63) is 0 Å². The molecule has 0 aliphatic heterocycles.